The van der Waals surface area contributed by atoms with Gasteiger partial charge in [-0.2, -0.15) is 5.01 Å². The fourth-order valence-electron chi connectivity index (χ4n) is 3.16. The summed E-state index contributed by atoms with van der Waals surface area (Å²) in [5.41, 5.74) is 1.43. The fraction of sp³-hybridized carbons (Fsp3) is 0.500. The minimum Gasteiger partial charge on any atom is -0.340 e. The molecule has 3 N–H and O–H groups in total. The van der Waals surface area contributed by atoms with Crippen molar-refractivity contribution in [2.24, 2.45) is 0 Å². The van der Waals surface area contributed by atoms with Gasteiger partial charge in [-0.05, 0) is 31.2 Å². The molecule has 1 aromatic rings. The largest absolute Gasteiger partial charge is 0.344 e. The van der Waals surface area contributed by atoms with Crippen LogP contribution in [-0.4, -0.2) is 40.3 Å². The minimum absolute atomic E-state index is 0.376. The summed E-state index contributed by atoms with van der Waals surface area (Å²) >= 11 is 1.26. The Morgan fingerprint density at radius 3 is 2.64 bits per heavy atom. The quantitative estimate of drug-likeness (QED) is 0.697. The average molecular weight is 364 g/mol. The Balaban J connectivity index is 1.61. The molecule has 134 valence electrons. The van der Waals surface area contributed by atoms with Crippen LogP contribution < -0.4 is 16.1 Å². The van der Waals surface area contributed by atoms with Crippen molar-refractivity contribution in [1.82, 2.24) is 21.1 Å². The number of hydrogen-bond acceptors (Lipinski definition) is 5. The van der Waals surface area contributed by atoms with Crippen molar-refractivity contribution >= 4 is 35.1 Å². The summed E-state index contributed by atoms with van der Waals surface area (Å²) in [6.45, 7) is 1.50. The van der Waals surface area contributed by atoms with E-state index in [1.54, 1.807) is 17.5 Å². The van der Waals surface area contributed by atoms with Gasteiger partial charge in [-0.15, -0.1) is 11.3 Å². The highest BCUT2D eigenvalue weighted by molar-refractivity contribution is 7.12. The summed E-state index contributed by atoms with van der Waals surface area (Å²) in [6, 6.07) is 1.87. The van der Waals surface area contributed by atoms with Crippen LogP contribution in [0.25, 0.3) is 0 Å². The second-order valence-corrected chi connectivity index (χ2v) is 7.31. The maximum Gasteiger partial charge on any atom is 0.344 e. The number of nitrogens with one attached hydrogen (secondary N) is 3. The summed E-state index contributed by atoms with van der Waals surface area (Å²) in [6.07, 6.45) is 3.91. The lowest BCUT2D eigenvalue weighted by molar-refractivity contribution is -0.140. The molecule has 0 aromatic carbocycles. The smallest absolute Gasteiger partial charge is 0.340 e. The monoisotopic (exact) mass is 364 g/mol. The van der Waals surface area contributed by atoms with E-state index >= 15 is 0 Å². The van der Waals surface area contributed by atoms with Crippen LogP contribution >= 0.6 is 11.3 Å². The van der Waals surface area contributed by atoms with Crippen LogP contribution in [0, 0.1) is 0 Å². The first-order valence-corrected chi connectivity index (χ1v) is 9.12. The summed E-state index contributed by atoms with van der Waals surface area (Å²) in [5, 5.41) is 7.76. The van der Waals surface area contributed by atoms with E-state index in [9.17, 15) is 19.2 Å². The highest BCUT2D eigenvalue weighted by Gasteiger charge is 2.52. The number of hydrogen-bond donors (Lipinski definition) is 3. The first-order chi connectivity index (χ1) is 11.9. The van der Waals surface area contributed by atoms with E-state index in [0.717, 1.165) is 24.3 Å². The van der Waals surface area contributed by atoms with E-state index in [-0.39, 0.29) is 5.91 Å². The second-order valence-electron chi connectivity index (χ2n) is 6.36. The van der Waals surface area contributed by atoms with Crippen LogP contribution in [0.15, 0.2) is 17.5 Å². The Morgan fingerprint density at radius 2 is 2.00 bits per heavy atom. The van der Waals surface area contributed by atoms with Crippen molar-refractivity contribution in [3.8, 4) is 0 Å². The zero-order valence-corrected chi connectivity index (χ0v) is 14.6. The lowest BCUT2D eigenvalue weighted by atomic mass is 9.82. The number of thiophene rings is 1. The number of hydrazine groups is 1. The Hall–Kier alpha value is -2.42. The van der Waals surface area contributed by atoms with Crippen LogP contribution in [-0.2, 0) is 9.59 Å². The molecule has 1 spiro atoms. The van der Waals surface area contributed by atoms with Gasteiger partial charge in [-0.25, -0.2) is 4.79 Å². The zero-order valence-electron chi connectivity index (χ0n) is 13.8. The fourth-order valence-corrected chi connectivity index (χ4v) is 3.79. The van der Waals surface area contributed by atoms with E-state index in [2.05, 4.69) is 16.1 Å². The number of carbonyl (C=O) groups excluding carboxylic acids is 4. The van der Waals surface area contributed by atoms with Crippen molar-refractivity contribution in [1.29, 1.82) is 0 Å². The average Bonchev–Trinajstić information content (AvgIpc) is 3.20. The molecule has 2 heterocycles. The van der Waals surface area contributed by atoms with Gasteiger partial charge in [-0.3, -0.25) is 19.8 Å². The predicted molar refractivity (Wildman–Crippen MR) is 90.6 cm³/mol. The van der Waals surface area contributed by atoms with Gasteiger partial charge < -0.3 is 10.6 Å². The molecule has 1 aliphatic heterocycles. The van der Waals surface area contributed by atoms with Crippen LogP contribution in [0.1, 0.15) is 48.7 Å². The normalized spacial score (nSPS) is 20.3. The molecule has 2 aliphatic rings. The van der Waals surface area contributed by atoms with E-state index in [1.165, 1.54) is 18.3 Å². The number of nitrogens with zero attached hydrogens (tertiary/aromatic N) is 1. The van der Waals surface area contributed by atoms with Gasteiger partial charge >= 0.3 is 6.03 Å². The van der Waals surface area contributed by atoms with Gasteiger partial charge in [0.05, 0.1) is 4.88 Å². The first-order valence-electron chi connectivity index (χ1n) is 8.24. The molecule has 1 atom stereocenters. The maximum atomic E-state index is 12.6. The number of imide groups is 1. The molecular weight excluding hydrogens is 344 g/mol. The van der Waals surface area contributed by atoms with Crippen molar-refractivity contribution in [3.05, 3.63) is 22.4 Å². The molecule has 1 aromatic heterocycles. The van der Waals surface area contributed by atoms with Gasteiger partial charge in [-0.1, -0.05) is 25.3 Å². The molecule has 25 heavy (non-hydrogen) atoms. The third kappa shape index (κ3) is 3.37. The molecule has 1 saturated carbocycles. The van der Waals surface area contributed by atoms with Gasteiger partial charge in [0, 0.05) is 0 Å². The SMILES string of the molecule is CC(NC(=O)c1cccs1)C(=O)NN1C(=O)NC2(CCCCC2)C1=O. The van der Waals surface area contributed by atoms with Crippen LogP contribution in [0.5, 0.6) is 0 Å². The van der Waals surface area contributed by atoms with E-state index < -0.39 is 29.4 Å². The minimum atomic E-state index is -0.897. The summed E-state index contributed by atoms with van der Waals surface area (Å²) in [7, 11) is 0. The van der Waals surface area contributed by atoms with Gasteiger partial charge in [0.25, 0.3) is 17.7 Å². The topological polar surface area (TPSA) is 108 Å². The van der Waals surface area contributed by atoms with Crippen LogP contribution in [0.3, 0.4) is 0 Å². The molecule has 8 nitrogen and oxygen atoms in total. The Bertz CT molecular complexity index is 697. The summed E-state index contributed by atoms with van der Waals surface area (Å²) in [5.74, 6) is -1.43. The highest BCUT2D eigenvalue weighted by Crippen LogP contribution is 2.32. The zero-order chi connectivity index (χ0) is 18.0. The Labute approximate surface area is 148 Å². The Morgan fingerprint density at radius 1 is 1.28 bits per heavy atom. The molecule has 9 heteroatoms. The molecule has 5 amide bonds. The molecule has 0 bridgehead atoms. The van der Waals surface area contributed by atoms with Gasteiger partial charge in [0.15, 0.2) is 0 Å². The Kier molecular flexibility index (Phi) is 4.76. The number of urea groups is 1. The van der Waals surface area contributed by atoms with Gasteiger partial charge in [0.1, 0.15) is 11.6 Å². The van der Waals surface area contributed by atoms with E-state index in [0.29, 0.717) is 17.7 Å². The predicted octanol–water partition coefficient (Wildman–Crippen LogP) is 1.15. The standard InChI is InChI=1S/C16H20N4O4S/c1-10(17-13(22)11-6-5-9-25-11)12(21)19-20-14(23)16(18-15(20)24)7-3-2-4-8-16/h5-6,9-10H,2-4,7-8H2,1H3,(H,17,22)(H,18,24)(H,19,21). The van der Waals surface area contributed by atoms with Crippen LogP contribution in [0.4, 0.5) is 4.79 Å². The van der Waals surface area contributed by atoms with Crippen LogP contribution in [0.2, 0.25) is 0 Å². The van der Waals surface area contributed by atoms with Crippen molar-refractivity contribution in [2.45, 2.75) is 50.6 Å². The van der Waals surface area contributed by atoms with Crippen molar-refractivity contribution in [3.63, 3.8) is 0 Å². The lowest BCUT2D eigenvalue weighted by Gasteiger charge is -2.30. The molecule has 1 aliphatic carbocycles. The van der Waals surface area contributed by atoms with E-state index in [4.69, 9.17) is 0 Å². The third-order valence-corrected chi connectivity index (χ3v) is 5.45. The molecule has 2 fully saturated rings. The summed E-state index contributed by atoms with van der Waals surface area (Å²) in [4.78, 5) is 49.5. The van der Waals surface area contributed by atoms with Crippen molar-refractivity contribution in [2.75, 3.05) is 0 Å². The maximum absolute atomic E-state index is 12.6. The number of rotatable bonds is 4. The molecular formula is C16H20N4O4S. The molecule has 1 unspecified atom stereocenters. The van der Waals surface area contributed by atoms with Gasteiger partial charge in [0.2, 0.25) is 0 Å². The number of amides is 5. The summed E-state index contributed by atoms with van der Waals surface area (Å²) < 4.78 is 0. The number of carbonyl (C=O) groups is 4. The van der Waals surface area contributed by atoms with Crippen molar-refractivity contribution < 1.29 is 19.2 Å². The van der Waals surface area contributed by atoms with E-state index in [1.807, 2.05) is 0 Å². The second kappa shape index (κ2) is 6.83. The first kappa shape index (κ1) is 17.4. The third-order valence-electron chi connectivity index (χ3n) is 4.58. The molecule has 3 rings (SSSR count). The highest BCUT2D eigenvalue weighted by atomic mass is 32.1. The molecule has 0 radical (unpaired) electrons. The lowest BCUT2D eigenvalue weighted by Crippen LogP contribution is -2.54. The molecule has 1 saturated heterocycles.